The number of anilines is 1. The van der Waals surface area contributed by atoms with Gasteiger partial charge in [0.05, 0.1) is 32.3 Å². The first-order chi connectivity index (χ1) is 27.8. The molecule has 2 radical (unpaired) electrons. The van der Waals surface area contributed by atoms with Crippen LogP contribution in [-0.2, 0) is 39.9 Å². The van der Waals surface area contributed by atoms with E-state index < -0.39 is 65.1 Å². The molecule has 10 atom stereocenters. The maximum atomic E-state index is 14.1. The SMILES string of the molecule is [B][C@@H]1[C@@H](C)C(=O)[C@@H](C)C(=O)O[C@H](CC)[C@@]2(C)OC(=O)N(CCCCn3cc(-c4cccc(N)c4)nn3)[C@@H]2[C@@H](CCN[C@H](C)C(=O)OCC(C)C)NC[C@H](C)C[C@@]1(C)OC. The number of nitrogens with one attached hydrogen (secondary N) is 2. The molecule has 1 amide bonds. The number of nitrogen functional groups attached to an aromatic ring is 1. The van der Waals surface area contributed by atoms with E-state index in [4.69, 9.17) is 32.5 Å². The van der Waals surface area contributed by atoms with Crippen LogP contribution in [0.4, 0.5) is 10.5 Å². The van der Waals surface area contributed by atoms with Crippen molar-refractivity contribution in [3.63, 3.8) is 0 Å². The smallest absolute Gasteiger partial charge is 0.410 e. The van der Waals surface area contributed by atoms with Crippen LogP contribution in [0, 0.1) is 23.7 Å². The number of carbonyl (C=O) groups is 4. The van der Waals surface area contributed by atoms with E-state index in [-0.39, 0.29) is 23.6 Å². The van der Waals surface area contributed by atoms with Crippen molar-refractivity contribution in [3.8, 4) is 11.3 Å². The second-order valence-corrected chi connectivity index (χ2v) is 17.5. The van der Waals surface area contributed by atoms with Crippen molar-refractivity contribution < 1.29 is 38.1 Å². The number of fused-ring (bicyclic) bond motifs is 1. The lowest BCUT2D eigenvalue weighted by Gasteiger charge is -2.42. The van der Waals surface area contributed by atoms with Crippen LogP contribution in [0.25, 0.3) is 11.3 Å². The third kappa shape index (κ3) is 11.8. The molecule has 0 spiro atoms. The predicted molar refractivity (Wildman–Crippen MR) is 226 cm³/mol. The first-order valence-electron chi connectivity index (χ1n) is 21.3. The van der Waals surface area contributed by atoms with Crippen LogP contribution >= 0.6 is 0 Å². The highest BCUT2D eigenvalue weighted by Crippen LogP contribution is 2.41. The molecule has 2 aromatic rings. The summed E-state index contributed by atoms with van der Waals surface area (Å²) >= 11 is 0. The number of hydrogen-bond acceptors (Lipinski definition) is 13. The molecule has 16 heteroatoms. The minimum Gasteiger partial charge on any atom is -0.464 e. The van der Waals surface area contributed by atoms with E-state index in [0.717, 1.165) is 5.56 Å². The van der Waals surface area contributed by atoms with Gasteiger partial charge in [0.15, 0.2) is 5.60 Å². The molecule has 2 fully saturated rings. The zero-order valence-electron chi connectivity index (χ0n) is 36.9. The van der Waals surface area contributed by atoms with Gasteiger partial charge in [-0.15, -0.1) is 5.10 Å². The summed E-state index contributed by atoms with van der Waals surface area (Å²) in [5.41, 5.74) is 6.00. The second kappa shape index (κ2) is 21.0. The number of amides is 1. The number of ether oxygens (including phenoxy) is 4. The van der Waals surface area contributed by atoms with Crippen LogP contribution in [0.1, 0.15) is 94.4 Å². The van der Waals surface area contributed by atoms with Gasteiger partial charge in [-0.1, -0.05) is 52.0 Å². The zero-order valence-corrected chi connectivity index (χ0v) is 36.9. The molecule has 2 saturated heterocycles. The number of methoxy groups -OCH3 is 1. The Hall–Kier alpha value is -4.02. The highest BCUT2D eigenvalue weighted by molar-refractivity contribution is 6.15. The number of Topliss-reactive ketones (excluding diaryl/α,β-unsaturated/α-hetero) is 1. The monoisotopic (exact) mass is 822 g/mol. The molecule has 326 valence electrons. The minimum atomic E-state index is -1.31. The molecular formula is C43H68BN7O8. The molecule has 4 rings (SSSR count). The van der Waals surface area contributed by atoms with Crippen molar-refractivity contribution >= 4 is 37.3 Å². The summed E-state index contributed by atoms with van der Waals surface area (Å²) in [6, 6.07) is 5.90. The van der Waals surface area contributed by atoms with Crippen LogP contribution in [0.3, 0.4) is 0 Å². The average Bonchev–Trinajstić information content (AvgIpc) is 3.78. The molecule has 15 nitrogen and oxygen atoms in total. The van der Waals surface area contributed by atoms with E-state index in [1.54, 1.807) is 30.5 Å². The van der Waals surface area contributed by atoms with Crippen molar-refractivity contribution in [2.24, 2.45) is 23.7 Å². The first-order valence-corrected chi connectivity index (χ1v) is 21.3. The lowest BCUT2D eigenvalue weighted by Crippen LogP contribution is -2.62. The largest absolute Gasteiger partial charge is 0.464 e. The van der Waals surface area contributed by atoms with Gasteiger partial charge in [0.2, 0.25) is 0 Å². The van der Waals surface area contributed by atoms with E-state index in [1.807, 2.05) is 65.1 Å². The van der Waals surface area contributed by atoms with Crippen LogP contribution in [-0.4, -0.2) is 120 Å². The van der Waals surface area contributed by atoms with Gasteiger partial charge in [-0.2, -0.15) is 0 Å². The van der Waals surface area contributed by atoms with Crippen LogP contribution < -0.4 is 16.4 Å². The summed E-state index contributed by atoms with van der Waals surface area (Å²) in [6.45, 7) is 18.8. The molecule has 2 aliphatic heterocycles. The van der Waals surface area contributed by atoms with E-state index in [0.29, 0.717) is 76.3 Å². The van der Waals surface area contributed by atoms with E-state index in [2.05, 4.69) is 27.9 Å². The van der Waals surface area contributed by atoms with Crippen LogP contribution in [0.2, 0.25) is 5.82 Å². The topological polar surface area (TPSA) is 189 Å². The molecule has 0 aliphatic carbocycles. The van der Waals surface area contributed by atoms with Crippen molar-refractivity contribution in [2.45, 2.75) is 142 Å². The number of esters is 2. The highest BCUT2D eigenvalue weighted by Gasteiger charge is 2.59. The Bertz CT molecular complexity index is 1730. The standard InChI is InChI=1S/C43H68BN7O8/c1-11-35-43(9)38(51(41(55)59-43)20-13-12-19-50-24-34(48-49-50)31-15-14-16-32(45)21-31)33(17-18-46-30(7)40(54)57-25-26(2)3)47-23-27(4)22-42(8,56-10)37(44)28(5)36(52)29(6)39(53)58-35/h14-16,21,24,26-30,33,35,37-38,46-47H,11-13,17-20,22-23,25,45H2,1-10H3/t27-,28+,29-,30-,33-,35-,37-,38-,42-,43-/m1/s1. The summed E-state index contributed by atoms with van der Waals surface area (Å²) in [6.07, 6.45) is 3.06. The molecular weight excluding hydrogens is 753 g/mol. The lowest BCUT2D eigenvalue weighted by molar-refractivity contribution is -0.170. The van der Waals surface area contributed by atoms with Crippen molar-refractivity contribution in [1.82, 2.24) is 30.5 Å². The quantitative estimate of drug-likeness (QED) is 0.0546. The Kier molecular flexibility index (Phi) is 17.0. The Labute approximate surface area is 351 Å². The summed E-state index contributed by atoms with van der Waals surface area (Å²) in [4.78, 5) is 56.3. The maximum absolute atomic E-state index is 14.1. The van der Waals surface area contributed by atoms with Crippen molar-refractivity contribution in [2.75, 3.05) is 39.1 Å². The number of aryl methyl sites for hydroxylation is 1. The van der Waals surface area contributed by atoms with Crippen molar-refractivity contribution in [3.05, 3.63) is 30.5 Å². The second-order valence-electron chi connectivity index (χ2n) is 17.5. The molecule has 0 bridgehead atoms. The Morgan fingerprint density at radius 3 is 2.51 bits per heavy atom. The predicted octanol–water partition coefficient (Wildman–Crippen LogP) is 4.98. The summed E-state index contributed by atoms with van der Waals surface area (Å²) in [5, 5.41) is 15.7. The highest BCUT2D eigenvalue weighted by atomic mass is 16.6. The fourth-order valence-corrected chi connectivity index (χ4v) is 8.45. The van der Waals surface area contributed by atoms with Gasteiger partial charge in [-0.05, 0) is 103 Å². The van der Waals surface area contributed by atoms with Gasteiger partial charge in [0, 0.05) is 43.4 Å². The molecule has 4 N–H and O–H groups in total. The number of nitrogens with two attached hydrogens (primary N) is 1. The third-order valence-electron chi connectivity index (χ3n) is 12.1. The molecule has 1 aromatic heterocycles. The van der Waals surface area contributed by atoms with E-state index >= 15 is 0 Å². The molecule has 0 unspecified atom stereocenters. The van der Waals surface area contributed by atoms with Gasteiger partial charge >= 0.3 is 18.0 Å². The molecule has 1 aromatic carbocycles. The number of hydrogen-bond donors (Lipinski definition) is 3. The van der Waals surface area contributed by atoms with Gasteiger partial charge in [-0.3, -0.25) is 24.0 Å². The Morgan fingerprint density at radius 1 is 1.14 bits per heavy atom. The van der Waals surface area contributed by atoms with Gasteiger partial charge in [0.25, 0.3) is 0 Å². The summed E-state index contributed by atoms with van der Waals surface area (Å²) in [5.74, 6) is -3.69. The summed E-state index contributed by atoms with van der Waals surface area (Å²) < 4.78 is 25.8. The van der Waals surface area contributed by atoms with Gasteiger partial charge in [0.1, 0.15) is 29.5 Å². The number of aromatic nitrogens is 3. The number of benzene rings is 1. The third-order valence-corrected chi connectivity index (χ3v) is 12.1. The van der Waals surface area contributed by atoms with Crippen molar-refractivity contribution in [1.29, 1.82) is 0 Å². The normalized spacial score (nSPS) is 30.3. The molecule has 3 heterocycles. The number of rotatable bonds is 15. The number of unbranched alkanes of at least 4 members (excludes halogenated alkanes) is 1. The number of ketones is 1. The molecule has 59 heavy (non-hydrogen) atoms. The van der Waals surface area contributed by atoms with Gasteiger partial charge in [-0.25, -0.2) is 4.79 Å². The maximum Gasteiger partial charge on any atom is 0.410 e. The van der Waals surface area contributed by atoms with Gasteiger partial charge < -0.3 is 35.3 Å². The van der Waals surface area contributed by atoms with E-state index in [9.17, 15) is 19.2 Å². The average molecular weight is 822 g/mol. The summed E-state index contributed by atoms with van der Waals surface area (Å²) in [7, 11) is 8.35. The zero-order chi connectivity index (χ0) is 43.7. The number of carbonyl (C=O) groups excluding carboxylic acids is 4. The van der Waals surface area contributed by atoms with Crippen LogP contribution in [0.15, 0.2) is 30.5 Å². The molecule has 0 saturated carbocycles. The Balaban J connectivity index is 1.65. The fourth-order valence-electron chi connectivity index (χ4n) is 8.45. The minimum absolute atomic E-state index is 0.00808. The first kappa shape index (κ1) is 47.7. The number of cyclic esters (lactones) is 1. The van der Waals surface area contributed by atoms with Crippen LogP contribution in [0.5, 0.6) is 0 Å². The number of nitrogens with zero attached hydrogens (tertiary/aromatic N) is 4. The van der Waals surface area contributed by atoms with E-state index in [1.165, 1.54) is 6.92 Å². The lowest BCUT2D eigenvalue weighted by atomic mass is 9.62. The fraction of sp³-hybridized carbons (Fsp3) is 0.721. The molecule has 2 aliphatic rings. The Morgan fingerprint density at radius 2 is 1.85 bits per heavy atom.